The molecule has 2 atom stereocenters. The maximum atomic E-state index is 13.3. The van der Waals surface area contributed by atoms with E-state index in [-0.39, 0.29) is 27.8 Å². The van der Waals surface area contributed by atoms with Gasteiger partial charge in [-0.05, 0) is 48.9 Å². The Morgan fingerprint density at radius 1 is 1.18 bits per heavy atom. The molecule has 2 unspecified atom stereocenters. The minimum Gasteiger partial charge on any atom is -0.338 e. The molecule has 8 heteroatoms. The van der Waals surface area contributed by atoms with Crippen molar-refractivity contribution in [2.45, 2.75) is 24.6 Å². The normalized spacial score (nSPS) is 20.1. The molecular formula is C20H19BrF4N2O. The SMILES string of the molecule is CN(C(=O)c1cc(Br)cc(C(F)(F)F)c1)C1CCNCC1c1ccc(F)cc1. The average molecular weight is 459 g/mol. The summed E-state index contributed by atoms with van der Waals surface area (Å²) < 4.78 is 52.7. The first-order valence-electron chi connectivity index (χ1n) is 8.78. The van der Waals surface area contributed by atoms with Gasteiger partial charge >= 0.3 is 6.18 Å². The van der Waals surface area contributed by atoms with Crippen LogP contribution in [-0.4, -0.2) is 37.0 Å². The van der Waals surface area contributed by atoms with Crippen molar-refractivity contribution >= 4 is 21.8 Å². The lowest BCUT2D eigenvalue weighted by Gasteiger charge is -2.39. The minimum absolute atomic E-state index is 0.0272. The van der Waals surface area contributed by atoms with Gasteiger partial charge in [0.2, 0.25) is 0 Å². The first-order valence-corrected chi connectivity index (χ1v) is 9.57. The standard InChI is InChI=1S/C20H19BrF4N2O/c1-27(19(28)13-8-14(20(23,24)25)10-15(21)9-13)18-6-7-26-11-17(18)12-2-4-16(22)5-3-12/h2-5,8-10,17-18,26H,6-7,11H2,1H3. The van der Waals surface area contributed by atoms with E-state index in [0.29, 0.717) is 19.5 Å². The van der Waals surface area contributed by atoms with Gasteiger partial charge in [-0.3, -0.25) is 4.79 Å². The van der Waals surface area contributed by atoms with E-state index < -0.39 is 17.6 Å². The number of alkyl halides is 3. The Bertz CT molecular complexity index is 854. The van der Waals surface area contributed by atoms with Crippen molar-refractivity contribution in [2.24, 2.45) is 0 Å². The van der Waals surface area contributed by atoms with Crippen LogP contribution in [0.2, 0.25) is 0 Å². The van der Waals surface area contributed by atoms with E-state index >= 15 is 0 Å². The second-order valence-electron chi connectivity index (χ2n) is 6.86. The van der Waals surface area contributed by atoms with Crippen molar-refractivity contribution < 1.29 is 22.4 Å². The van der Waals surface area contributed by atoms with Gasteiger partial charge in [-0.15, -0.1) is 0 Å². The highest BCUT2D eigenvalue weighted by atomic mass is 79.9. The summed E-state index contributed by atoms with van der Waals surface area (Å²) in [6, 6.07) is 9.09. The summed E-state index contributed by atoms with van der Waals surface area (Å²) >= 11 is 3.06. The minimum atomic E-state index is -4.54. The van der Waals surface area contributed by atoms with Crippen molar-refractivity contribution in [3.63, 3.8) is 0 Å². The summed E-state index contributed by atoms with van der Waals surface area (Å²) in [6.07, 6.45) is -3.90. The largest absolute Gasteiger partial charge is 0.416 e. The number of piperidine rings is 1. The molecule has 0 spiro atoms. The summed E-state index contributed by atoms with van der Waals surface area (Å²) in [7, 11) is 1.60. The maximum Gasteiger partial charge on any atom is 0.416 e. The fourth-order valence-corrected chi connectivity index (χ4v) is 4.08. The Morgan fingerprint density at radius 3 is 2.50 bits per heavy atom. The van der Waals surface area contributed by atoms with Gasteiger partial charge in [0.25, 0.3) is 5.91 Å². The summed E-state index contributed by atoms with van der Waals surface area (Å²) in [4.78, 5) is 14.5. The maximum absolute atomic E-state index is 13.3. The van der Waals surface area contributed by atoms with Gasteiger partial charge in [0.1, 0.15) is 5.82 Å². The number of nitrogens with zero attached hydrogens (tertiary/aromatic N) is 1. The van der Waals surface area contributed by atoms with Gasteiger partial charge in [0.15, 0.2) is 0 Å². The van der Waals surface area contributed by atoms with Crippen molar-refractivity contribution in [1.82, 2.24) is 10.2 Å². The van der Waals surface area contributed by atoms with Crippen LogP contribution >= 0.6 is 15.9 Å². The number of amides is 1. The van der Waals surface area contributed by atoms with E-state index in [0.717, 1.165) is 17.7 Å². The first-order chi connectivity index (χ1) is 13.2. The summed E-state index contributed by atoms with van der Waals surface area (Å²) in [5.41, 5.74) is -0.0249. The lowest BCUT2D eigenvalue weighted by molar-refractivity contribution is -0.137. The van der Waals surface area contributed by atoms with Gasteiger partial charge in [-0.1, -0.05) is 28.1 Å². The monoisotopic (exact) mass is 458 g/mol. The average Bonchev–Trinajstić information content (AvgIpc) is 2.66. The number of hydrogen-bond acceptors (Lipinski definition) is 2. The Labute approximate surface area is 168 Å². The molecule has 1 fully saturated rings. The highest BCUT2D eigenvalue weighted by Gasteiger charge is 2.35. The fraction of sp³-hybridized carbons (Fsp3) is 0.350. The number of rotatable bonds is 3. The molecule has 2 aromatic carbocycles. The van der Waals surface area contributed by atoms with E-state index in [1.807, 2.05) is 0 Å². The van der Waals surface area contributed by atoms with Crippen molar-refractivity contribution in [1.29, 1.82) is 0 Å². The molecule has 150 valence electrons. The number of nitrogens with one attached hydrogen (secondary N) is 1. The van der Waals surface area contributed by atoms with E-state index in [1.54, 1.807) is 19.2 Å². The topological polar surface area (TPSA) is 32.3 Å². The van der Waals surface area contributed by atoms with E-state index in [1.165, 1.54) is 23.1 Å². The van der Waals surface area contributed by atoms with Gasteiger partial charge < -0.3 is 10.2 Å². The molecule has 0 aliphatic carbocycles. The van der Waals surface area contributed by atoms with E-state index in [4.69, 9.17) is 0 Å². The van der Waals surface area contributed by atoms with Gasteiger partial charge in [-0.25, -0.2) is 4.39 Å². The molecule has 1 N–H and O–H groups in total. The van der Waals surface area contributed by atoms with Crippen molar-refractivity contribution in [2.75, 3.05) is 20.1 Å². The zero-order valence-electron chi connectivity index (χ0n) is 15.1. The highest BCUT2D eigenvalue weighted by molar-refractivity contribution is 9.10. The molecule has 0 bridgehead atoms. The van der Waals surface area contributed by atoms with E-state index in [9.17, 15) is 22.4 Å². The molecule has 0 radical (unpaired) electrons. The number of carbonyl (C=O) groups is 1. The first kappa shape index (κ1) is 20.8. The fourth-order valence-electron chi connectivity index (χ4n) is 3.59. The number of likely N-dealkylation sites (N-methyl/N-ethyl adjacent to an activating group) is 1. The molecule has 0 saturated carbocycles. The van der Waals surface area contributed by atoms with Crippen LogP contribution in [0, 0.1) is 5.82 Å². The van der Waals surface area contributed by atoms with Crippen LogP contribution in [-0.2, 0) is 6.18 Å². The van der Waals surface area contributed by atoms with Crippen LogP contribution in [0.25, 0.3) is 0 Å². The second kappa shape index (κ2) is 8.21. The van der Waals surface area contributed by atoms with Crippen LogP contribution in [0.4, 0.5) is 17.6 Å². The van der Waals surface area contributed by atoms with Crippen LogP contribution in [0.15, 0.2) is 46.9 Å². The lowest BCUT2D eigenvalue weighted by atomic mass is 9.85. The quantitative estimate of drug-likeness (QED) is 0.668. The van der Waals surface area contributed by atoms with Crippen molar-refractivity contribution in [3.05, 3.63) is 69.4 Å². The summed E-state index contributed by atoms with van der Waals surface area (Å²) in [6.45, 7) is 1.28. The highest BCUT2D eigenvalue weighted by Crippen LogP contribution is 2.33. The molecule has 1 heterocycles. The molecule has 3 nitrogen and oxygen atoms in total. The van der Waals surface area contributed by atoms with Crippen LogP contribution < -0.4 is 5.32 Å². The van der Waals surface area contributed by atoms with Crippen LogP contribution in [0.5, 0.6) is 0 Å². The van der Waals surface area contributed by atoms with Gasteiger partial charge in [0, 0.05) is 35.6 Å². The predicted octanol–water partition coefficient (Wildman–Crippen LogP) is 4.82. The Kier molecular flexibility index (Phi) is 6.09. The third-order valence-corrected chi connectivity index (χ3v) is 5.49. The van der Waals surface area contributed by atoms with Crippen LogP contribution in [0.3, 0.4) is 0 Å². The van der Waals surface area contributed by atoms with Crippen LogP contribution in [0.1, 0.15) is 33.8 Å². The zero-order chi connectivity index (χ0) is 20.5. The molecular weight excluding hydrogens is 440 g/mol. The van der Waals surface area contributed by atoms with Gasteiger partial charge in [-0.2, -0.15) is 13.2 Å². The number of carbonyl (C=O) groups excluding carboxylic acids is 1. The predicted molar refractivity (Wildman–Crippen MR) is 102 cm³/mol. The molecule has 1 saturated heterocycles. The zero-order valence-corrected chi connectivity index (χ0v) is 16.6. The smallest absolute Gasteiger partial charge is 0.338 e. The number of halogens is 5. The molecule has 2 aromatic rings. The summed E-state index contributed by atoms with van der Waals surface area (Å²) in [5.74, 6) is -0.911. The molecule has 3 rings (SSSR count). The Hall–Kier alpha value is -1.93. The molecule has 1 aliphatic rings. The molecule has 1 aliphatic heterocycles. The Morgan fingerprint density at radius 2 is 1.86 bits per heavy atom. The second-order valence-corrected chi connectivity index (χ2v) is 7.78. The molecule has 0 aromatic heterocycles. The van der Waals surface area contributed by atoms with E-state index in [2.05, 4.69) is 21.2 Å². The molecule has 28 heavy (non-hydrogen) atoms. The third-order valence-electron chi connectivity index (χ3n) is 5.03. The van der Waals surface area contributed by atoms with Crippen molar-refractivity contribution in [3.8, 4) is 0 Å². The number of benzene rings is 2. The summed E-state index contributed by atoms with van der Waals surface area (Å²) in [5, 5.41) is 3.26. The number of hydrogen-bond donors (Lipinski definition) is 1. The third kappa shape index (κ3) is 4.55. The van der Waals surface area contributed by atoms with Gasteiger partial charge in [0.05, 0.1) is 5.56 Å². The lowest BCUT2D eigenvalue weighted by Crippen LogP contribution is -2.49. The Balaban J connectivity index is 1.89. The molecule has 1 amide bonds.